The molecule has 25 heavy (non-hydrogen) atoms. The van der Waals surface area contributed by atoms with Crippen LogP contribution in [-0.2, 0) is 10.8 Å². The van der Waals surface area contributed by atoms with E-state index in [0.717, 1.165) is 17.1 Å². The van der Waals surface area contributed by atoms with Crippen LogP contribution in [0.3, 0.4) is 0 Å². The molecule has 0 radical (unpaired) electrons. The van der Waals surface area contributed by atoms with E-state index in [1.54, 1.807) is 7.11 Å². The number of fused-ring (bicyclic) bond motifs is 1. The third-order valence-corrected chi connectivity index (χ3v) is 5.82. The lowest BCUT2D eigenvalue weighted by Crippen LogP contribution is -2.34. The van der Waals surface area contributed by atoms with Gasteiger partial charge in [0.15, 0.2) is 0 Å². The SMILES string of the molecule is COc1ccc(N(C)c2ccc3c(c2)C(C)(C)CCC3(C)C)c(N)c1. The summed E-state index contributed by atoms with van der Waals surface area (Å²) < 4.78 is 5.26. The zero-order chi connectivity index (χ0) is 18.4. The van der Waals surface area contributed by atoms with Gasteiger partial charge in [-0.3, -0.25) is 0 Å². The minimum atomic E-state index is 0.202. The standard InChI is InChI=1S/C22H30N2O/c1-21(2)11-12-22(3,4)18-13-15(7-9-17(18)21)24(5)20-10-8-16(25-6)14-19(20)23/h7-10,13-14H,11-12,23H2,1-6H3. The van der Waals surface area contributed by atoms with E-state index in [2.05, 4.69) is 57.8 Å². The first-order valence-corrected chi connectivity index (χ1v) is 8.98. The molecule has 0 saturated heterocycles. The van der Waals surface area contributed by atoms with Crippen LogP contribution >= 0.6 is 0 Å². The van der Waals surface area contributed by atoms with Crippen LogP contribution in [0.25, 0.3) is 0 Å². The monoisotopic (exact) mass is 338 g/mol. The molecule has 1 aliphatic carbocycles. The number of nitrogens with two attached hydrogens (primary N) is 1. The number of benzene rings is 2. The Hall–Kier alpha value is -2.16. The molecule has 2 aromatic rings. The summed E-state index contributed by atoms with van der Waals surface area (Å²) in [6.45, 7) is 9.41. The lowest BCUT2D eigenvalue weighted by atomic mass is 9.63. The quantitative estimate of drug-likeness (QED) is 0.762. The summed E-state index contributed by atoms with van der Waals surface area (Å²) in [7, 11) is 3.73. The summed E-state index contributed by atoms with van der Waals surface area (Å²) in [5.41, 5.74) is 12.5. The first kappa shape index (κ1) is 17.7. The van der Waals surface area contributed by atoms with Crippen LogP contribution in [0.1, 0.15) is 51.7 Å². The van der Waals surface area contributed by atoms with Gasteiger partial charge in [-0.1, -0.05) is 33.8 Å². The molecule has 0 spiro atoms. The first-order chi connectivity index (χ1) is 11.7. The molecule has 0 atom stereocenters. The molecule has 0 unspecified atom stereocenters. The minimum Gasteiger partial charge on any atom is -0.497 e. The highest BCUT2D eigenvalue weighted by Gasteiger charge is 2.37. The minimum absolute atomic E-state index is 0.202. The maximum atomic E-state index is 6.25. The van der Waals surface area contributed by atoms with E-state index in [9.17, 15) is 0 Å². The van der Waals surface area contributed by atoms with Crippen molar-refractivity contribution in [3.05, 3.63) is 47.5 Å². The number of ether oxygens (including phenoxy) is 1. The Bertz CT molecular complexity index is 793. The van der Waals surface area contributed by atoms with E-state index in [0.29, 0.717) is 0 Å². The smallest absolute Gasteiger partial charge is 0.121 e. The van der Waals surface area contributed by atoms with E-state index in [-0.39, 0.29) is 10.8 Å². The normalized spacial score (nSPS) is 17.7. The van der Waals surface area contributed by atoms with Crippen LogP contribution in [0.15, 0.2) is 36.4 Å². The first-order valence-electron chi connectivity index (χ1n) is 8.98. The van der Waals surface area contributed by atoms with Gasteiger partial charge in [0.05, 0.1) is 18.5 Å². The zero-order valence-corrected chi connectivity index (χ0v) is 16.3. The molecule has 3 heteroatoms. The predicted molar refractivity (Wildman–Crippen MR) is 107 cm³/mol. The summed E-state index contributed by atoms with van der Waals surface area (Å²) in [5.74, 6) is 0.781. The molecule has 0 fully saturated rings. The van der Waals surface area contributed by atoms with Crippen LogP contribution in [0.2, 0.25) is 0 Å². The Balaban J connectivity index is 2.04. The number of hydrogen-bond donors (Lipinski definition) is 1. The highest BCUT2D eigenvalue weighted by Crippen LogP contribution is 2.47. The van der Waals surface area contributed by atoms with E-state index >= 15 is 0 Å². The van der Waals surface area contributed by atoms with Gasteiger partial charge < -0.3 is 15.4 Å². The van der Waals surface area contributed by atoms with Crippen LogP contribution in [0, 0.1) is 0 Å². The second kappa shape index (κ2) is 5.98. The molecule has 3 nitrogen and oxygen atoms in total. The molecule has 0 bridgehead atoms. The maximum Gasteiger partial charge on any atom is 0.121 e. The number of nitrogen functional groups attached to an aromatic ring is 1. The molecule has 0 amide bonds. The molecule has 2 N–H and O–H groups in total. The Morgan fingerprint density at radius 2 is 1.56 bits per heavy atom. The number of methoxy groups -OCH3 is 1. The topological polar surface area (TPSA) is 38.5 Å². The third kappa shape index (κ3) is 3.08. The second-order valence-corrected chi connectivity index (χ2v) is 8.48. The summed E-state index contributed by atoms with van der Waals surface area (Å²) >= 11 is 0. The molecular formula is C22H30N2O. The van der Waals surface area contributed by atoms with Crippen LogP contribution in [-0.4, -0.2) is 14.2 Å². The van der Waals surface area contributed by atoms with Gasteiger partial charge in [0.2, 0.25) is 0 Å². The zero-order valence-electron chi connectivity index (χ0n) is 16.3. The highest BCUT2D eigenvalue weighted by atomic mass is 16.5. The number of nitrogens with zero attached hydrogens (tertiary/aromatic N) is 1. The van der Waals surface area contributed by atoms with E-state index in [1.165, 1.54) is 29.7 Å². The number of hydrogen-bond acceptors (Lipinski definition) is 3. The van der Waals surface area contributed by atoms with Gasteiger partial charge >= 0.3 is 0 Å². The second-order valence-electron chi connectivity index (χ2n) is 8.48. The Morgan fingerprint density at radius 3 is 2.16 bits per heavy atom. The van der Waals surface area contributed by atoms with Crippen molar-refractivity contribution in [2.75, 3.05) is 24.8 Å². The fourth-order valence-electron chi connectivity index (χ4n) is 3.89. The lowest BCUT2D eigenvalue weighted by Gasteiger charge is -2.42. The van der Waals surface area contributed by atoms with Crippen molar-refractivity contribution >= 4 is 17.1 Å². The Kier molecular flexibility index (Phi) is 4.22. The Labute approximate surface area is 151 Å². The van der Waals surface area contributed by atoms with Gasteiger partial charge in [-0.15, -0.1) is 0 Å². The summed E-state index contributed by atoms with van der Waals surface area (Å²) in [5, 5.41) is 0. The van der Waals surface area contributed by atoms with Gasteiger partial charge in [0, 0.05) is 18.8 Å². The largest absolute Gasteiger partial charge is 0.497 e. The van der Waals surface area contributed by atoms with Crippen LogP contribution in [0.4, 0.5) is 17.1 Å². The van der Waals surface area contributed by atoms with Gasteiger partial charge in [-0.05, 0) is 59.1 Å². The molecule has 134 valence electrons. The number of rotatable bonds is 3. The molecule has 2 aromatic carbocycles. The van der Waals surface area contributed by atoms with Crippen molar-refractivity contribution in [1.29, 1.82) is 0 Å². The van der Waals surface area contributed by atoms with Crippen molar-refractivity contribution in [2.45, 2.75) is 51.4 Å². The number of anilines is 3. The van der Waals surface area contributed by atoms with Crippen molar-refractivity contribution < 1.29 is 4.74 Å². The summed E-state index contributed by atoms with van der Waals surface area (Å²) in [4.78, 5) is 2.16. The average molecular weight is 338 g/mol. The van der Waals surface area contributed by atoms with Gasteiger partial charge in [0.25, 0.3) is 0 Å². The molecular weight excluding hydrogens is 308 g/mol. The van der Waals surface area contributed by atoms with Crippen molar-refractivity contribution in [2.24, 2.45) is 0 Å². The maximum absolute atomic E-state index is 6.25. The molecule has 0 saturated carbocycles. The van der Waals surface area contributed by atoms with Gasteiger partial charge in [-0.2, -0.15) is 0 Å². The molecule has 0 aliphatic heterocycles. The van der Waals surface area contributed by atoms with Crippen molar-refractivity contribution in [3.63, 3.8) is 0 Å². The van der Waals surface area contributed by atoms with E-state index in [1.807, 2.05) is 18.2 Å². The summed E-state index contributed by atoms with van der Waals surface area (Å²) in [6.07, 6.45) is 2.44. The lowest BCUT2D eigenvalue weighted by molar-refractivity contribution is 0.332. The molecule has 0 heterocycles. The summed E-state index contributed by atoms with van der Waals surface area (Å²) in [6, 6.07) is 12.7. The van der Waals surface area contributed by atoms with Crippen LogP contribution < -0.4 is 15.4 Å². The highest BCUT2D eigenvalue weighted by molar-refractivity contribution is 5.76. The fourth-order valence-corrected chi connectivity index (χ4v) is 3.89. The van der Waals surface area contributed by atoms with Gasteiger partial charge in [-0.25, -0.2) is 0 Å². The van der Waals surface area contributed by atoms with Crippen LogP contribution in [0.5, 0.6) is 5.75 Å². The van der Waals surface area contributed by atoms with Crippen molar-refractivity contribution in [3.8, 4) is 5.75 Å². The van der Waals surface area contributed by atoms with E-state index < -0.39 is 0 Å². The van der Waals surface area contributed by atoms with Gasteiger partial charge in [0.1, 0.15) is 5.75 Å². The third-order valence-electron chi connectivity index (χ3n) is 5.82. The predicted octanol–water partition coefficient (Wildman–Crippen LogP) is 5.39. The average Bonchev–Trinajstić information content (AvgIpc) is 2.58. The molecule has 3 rings (SSSR count). The van der Waals surface area contributed by atoms with Crippen molar-refractivity contribution in [1.82, 2.24) is 0 Å². The van der Waals surface area contributed by atoms with E-state index in [4.69, 9.17) is 10.5 Å². The molecule has 0 aromatic heterocycles. The molecule has 1 aliphatic rings. The Morgan fingerprint density at radius 1 is 0.920 bits per heavy atom. The fraction of sp³-hybridized carbons (Fsp3) is 0.455.